The van der Waals surface area contributed by atoms with E-state index in [4.69, 9.17) is 14.2 Å². The summed E-state index contributed by atoms with van der Waals surface area (Å²) in [6.07, 6.45) is 39.9. The molecular weight excluding hydrogens is 654 g/mol. The van der Waals surface area contributed by atoms with E-state index in [2.05, 4.69) is 62.5 Å². The first kappa shape index (κ1) is 49.3. The maximum atomic E-state index is 12.7. The number of esters is 2. The molecule has 0 amide bonds. The van der Waals surface area contributed by atoms with Crippen molar-refractivity contribution in [3.05, 3.63) is 48.6 Å². The van der Waals surface area contributed by atoms with E-state index in [0.29, 0.717) is 12.8 Å². The van der Waals surface area contributed by atoms with Crippen LogP contribution in [0.25, 0.3) is 0 Å². The first-order chi connectivity index (χ1) is 25.1. The molecule has 0 aromatic heterocycles. The summed E-state index contributed by atoms with van der Waals surface area (Å²) in [6.45, 7) is 4.42. The molecule has 0 saturated heterocycles. The number of likely N-dealkylation sites (N-methyl/N-ethyl adjacent to an activating group) is 1. The molecule has 300 valence electrons. The number of ether oxygens (including phenoxy) is 3. The van der Waals surface area contributed by atoms with Gasteiger partial charge in [-0.15, -0.1) is 0 Å². The summed E-state index contributed by atoms with van der Waals surface area (Å²) < 4.78 is 17.1. The zero-order valence-electron chi connectivity index (χ0n) is 34.0. The van der Waals surface area contributed by atoms with Crippen molar-refractivity contribution >= 4 is 17.9 Å². The Morgan fingerprint density at radius 2 is 1.02 bits per heavy atom. The molecule has 0 aliphatic rings. The molecule has 8 heteroatoms. The zero-order valence-corrected chi connectivity index (χ0v) is 34.0. The number of carboxylic acids is 1. The zero-order chi connectivity index (χ0) is 38.5. The first-order valence-corrected chi connectivity index (χ1v) is 20.7. The van der Waals surface area contributed by atoms with E-state index in [1.54, 1.807) is 21.1 Å². The smallest absolute Gasteiger partial charge is 0.306 e. The summed E-state index contributed by atoms with van der Waals surface area (Å²) in [5.41, 5.74) is 0. The van der Waals surface area contributed by atoms with E-state index in [-0.39, 0.29) is 42.7 Å². The minimum absolute atomic E-state index is 0.0340. The third kappa shape index (κ3) is 33.1. The Balaban J connectivity index is 4.40. The Kier molecular flexibility index (Phi) is 33.5. The van der Waals surface area contributed by atoms with Gasteiger partial charge in [-0.1, -0.05) is 127 Å². The number of allylic oxidation sites excluding steroid dienone is 8. The Hall–Kier alpha value is -2.71. The molecule has 0 saturated carbocycles. The fourth-order valence-corrected chi connectivity index (χ4v) is 5.79. The predicted molar refractivity (Wildman–Crippen MR) is 213 cm³/mol. The quantitative estimate of drug-likeness (QED) is 0.0274. The van der Waals surface area contributed by atoms with Gasteiger partial charge in [-0.2, -0.15) is 0 Å². The van der Waals surface area contributed by atoms with Crippen LogP contribution in [-0.2, 0) is 28.6 Å². The normalized spacial score (nSPS) is 13.5. The molecule has 2 atom stereocenters. The Morgan fingerprint density at radius 1 is 0.577 bits per heavy atom. The van der Waals surface area contributed by atoms with Crippen molar-refractivity contribution in [2.45, 2.75) is 174 Å². The molecule has 0 spiro atoms. The fourth-order valence-electron chi connectivity index (χ4n) is 5.79. The van der Waals surface area contributed by atoms with Gasteiger partial charge in [-0.05, 0) is 64.2 Å². The van der Waals surface area contributed by atoms with Crippen molar-refractivity contribution in [1.29, 1.82) is 0 Å². The van der Waals surface area contributed by atoms with E-state index in [1.165, 1.54) is 51.4 Å². The first-order valence-electron chi connectivity index (χ1n) is 20.7. The fraction of sp³-hybridized carbons (Fsp3) is 0.750. The lowest BCUT2D eigenvalue weighted by Crippen LogP contribution is -2.55. The highest BCUT2D eigenvalue weighted by molar-refractivity contribution is 5.70. The van der Waals surface area contributed by atoms with Crippen LogP contribution in [0, 0.1) is 0 Å². The summed E-state index contributed by atoms with van der Waals surface area (Å²) >= 11 is 0. The van der Waals surface area contributed by atoms with Crippen molar-refractivity contribution in [3.8, 4) is 0 Å². The molecule has 0 N–H and O–H groups in total. The number of carbonyl (C=O) groups excluding carboxylic acids is 3. The van der Waals surface area contributed by atoms with Gasteiger partial charge in [0.2, 0.25) is 0 Å². The number of aliphatic carboxylic acids is 1. The van der Waals surface area contributed by atoms with Gasteiger partial charge >= 0.3 is 11.9 Å². The number of carbonyl (C=O) groups is 3. The second-order valence-corrected chi connectivity index (χ2v) is 14.8. The minimum atomic E-state index is -1.13. The number of quaternary nitrogens is 1. The summed E-state index contributed by atoms with van der Waals surface area (Å²) in [6, 6.07) is -0.728. The molecule has 0 radical (unpaired) electrons. The number of hydrogen-bond donors (Lipinski definition) is 0. The number of hydrogen-bond acceptors (Lipinski definition) is 7. The molecule has 0 aliphatic heterocycles. The lowest BCUT2D eigenvalue weighted by Gasteiger charge is -2.34. The number of carboxylic acid groups (broad SMARTS) is 1. The van der Waals surface area contributed by atoms with Gasteiger partial charge in [0.15, 0.2) is 6.10 Å². The van der Waals surface area contributed by atoms with Crippen molar-refractivity contribution in [3.63, 3.8) is 0 Å². The van der Waals surface area contributed by atoms with Gasteiger partial charge in [0.25, 0.3) is 0 Å². The van der Waals surface area contributed by atoms with Crippen molar-refractivity contribution < 1.29 is 38.2 Å². The average Bonchev–Trinajstić information content (AvgIpc) is 3.09. The van der Waals surface area contributed by atoms with Crippen molar-refractivity contribution in [2.24, 2.45) is 0 Å². The van der Waals surface area contributed by atoms with Gasteiger partial charge < -0.3 is 28.6 Å². The minimum Gasteiger partial charge on any atom is -0.544 e. The standard InChI is InChI=1S/C44H77NO7/c1-6-8-10-12-14-16-18-20-22-24-26-28-30-32-34-42(46)51-39-40(38-50-37-36-41(44(48)49)45(3,4)5)52-43(47)35-33-31-29-27-25-23-21-19-17-15-13-11-9-7-2/h8-11,14-17,40-41H,6-7,12-13,18-39H2,1-5H3/b10-8+,11-9+,16-14+,17-15+. The van der Waals surface area contributed by atoms with Crippen LogP contribution in [0.15, 0.2) is 48.6 Å². The average molecular weight is 732 g/mol. The van der Waals surface area contributed by atoms with Crippen LogP contribution in [-0.4, -0.2) is 75.5 Å². The molecule has 0 aliphatic carbocycles. The highest BCUT2D eigenvalue weighted by atomic mass is 16.6. The van der Waals surface area contributed by atoms with Crippen LogP contribution in [0.1, 0.15) is 162 Å². The Bertz CT molecular complexity index is 995. The SMILES string of the molecule is CC/C=C/C/C=C/CCCCCCCCCC(=O)OCC(COCCC(C(=O)[O-])[N+](C)(C)C)OC(=O)CCCCCCCCC/C=C/C/C=C/CC. The number of nitrogens with zero attached hydrogens (tertiary/aromatic N) is 1. The summed E-state index contributed by atoms with van der Waals surface area (Å²) in [4.78, 5) is 36.8. The molecular formula is C44H77NO7. The lowest BCUT2D eigenvalue weighted by atomic mass is 10.1. The number of unbranched alkanes of at least 4 members (excludes halogenated alkanes) is 14. The second kappa shape index (κ2) is 35.3. The summed E-state index contributed by atoms with van der Waals surface area (Å²) in [5, 5.41) is 11.6. The third-order valence-electron chi connectivity index (χ3n) is 8.96. The second-order valence-electron chi connectivity index (χ2n) is 14.8. The maximum Gasteiger partial charge on any atom is 0.306 e. The predicted octanol–water partition coefficient (Wildman–Crippen LogP) is 9.52. The topological polar surface area (TPSA) is 102 Å². The highest BCUT2D eigenvalue weighted by Crippen LogP contribution is 2.14. The molecule has 0 bridgehead atoms. The van der Waals surface area contributed by atoms with Gasteiger partial charge in [0.05, 0.1) is 40.3 Å². The van der Waals surface area contributed by atoms with Crippen LogP contribution in [0.5, 0.6) is 0 Å². The Morgan fingerprint density at radius 3 is 1.48 bits per heavy atom. The lowest BCUT2D eigenvalue weighted by molar-refractivity contribution is -0.889. The highest BCUT2D eigenvalue weighted by Gasteiger charge is 2.25. The van der Waals surface area contributed by atoms with Crippen LogP contribution < -0.4 is 5.11 Å². The van der Waals surface area contributed by atoms with E-state index in [0.717, 1.165) is 77.0 Å². The molecule has 8 nitrogen and oxygen atoms in total. The van der Waals surface area contributed by atoms with Gasteiger partial charge in [0, 0.05) is 19.3 Å². The monoisotopic (exact) mass is 732 g/mol. The third-order valence-corrected chi connectivity index (χ3v) is 8.96. The van der Waals surface area contributed by atoms with E-state index < -0.39 is 18.1 Å². The van der Waals surface area contributed by atoms with Crippen LogP contribution in [0.3, 0.4) is 0 Å². The van der Waals surface area contributed by atoms with Gasteiger partial charge in [0.1, 0.15) is 12.6 Å². The molecule has 2 unspecified atom stereocenters. The maximum absolute atomic E-state index is 12.7. The Labute approximate surface area is 318 Å². The largest absolute Gasteiger partial charge is 0.544 e. The van der Waals surface area contributed by atoms with E-state index >= 15 is 0 Å². The molecule has 52 heavy (non-hydrogen) atoms. The van der Waals surface area contributed by atoms with Crippen molar-refractivity contribution in [1.82, 2.24) is 0 Å². The van der Waals surface area contributed by atoms with E-state index in [9.17, 15) is 19.5 Å². The van der Waals surface area contributed by atoms with Crippen LogP contribution in [0.4, 0.5) is 0 Å². The molecule has 0 heterocycles. The molecule has 0 aromatic rings. The van der Waals surface area contributed by atoms with Crippen LogP contribution >= 0.6 is 0 Å². The van der Waals surface area contributed by atoms with E-state index in [1.807, 2.05) is 0 Å². The molecule has 0 fully saturated rings. The van der Waals surface area contributed by atoms with Gasteiger partial charge in [-0.25, -0.2) is 0 Å². The van der Waals surface area contributed by atoms with Crippen LogP contribution in [0.2, 0.25) is 0 Å². The molecule has 0 rings (SSSR count). The number of rotatable bonds is 36. The van der Waals surface area contributed by atoms with Crippen molar-refractivity contribution in [2.75, 3.05) is 41.0 Å². The summed E-state index contributed by atoms with van der Waals surface area (Å²) in [5.74, 6) is -1.76. The molecule has 0 aromatic carbocycles. The summed E-state index contributed by atoms with van der Waals surface area (Å²) in [7, 11) is 5.39. The van der Waals surface area contributed by atoms with Gasteiger partial charge in [-0.3, -0.25) is 9.59 Å².